The van der Waals surface area contributed by atoms with E-state index in [1.165, 1.54) is 24.3 Å². The van der Waals surface area contributed by atoms with Crippen molar-refractivity contribution in [3.63, 3.8) is 0 Å². The second kappa shape index (κ2) is 7.74. The summed E-state index contributed by atoms with van der Waals surface area (Å²) in [6, 6.07) is 14.1. The Morgan fingerprint density at radius 2 is 1.43 bits per heavy atom. The first-order valence-electron chi connectivity index (χ1n) is 6.89. The minimum absolute atomic E-state index is 0.0184. The Morgan fingerprint density at radius 1 is 0.826 bits per heavy atom. The molecule has 0 aliphatic rings. The molecule has 0 unspecified atom stereocenters. The molecule has 0 atom stereocenters. The van der Waals surface area contributed by atoms with Crippen molar-refractivity contribution in [1.82, 2.24) is 0 Å². The van der Waals surface area contributed by atoms with Crippen LogP contribution in [0.2, 0.25) is 0 Å². The number of hydrogen-bond donors (Lipinski definition) is 0. The van der Waals surface area contributed by atoms with Crippen LogP contribution in [0.3, 0.4) is 0 Å². The number of hydrogen-bond acceptors (Lipinski definition) is 6. The van der Waals surface area contributed by atoms with E-state index in [4.69, 9.17) is 4.74 Å². The van der Waals surface area contributed by atoms with Crippen molar-refractivity contribution < 1.29 is 28.9 Å². The van der Waals surface area contributed by atoms with Crippen molar-refractivity contribution >= 4 is 17.9 Å². The lowest BCUT2D eigenvalue weighted by molar-refractivity contribution is -0.187. The fourth-order valence-corrected chi connectivity index (χ4v) is 1.66. The zero-order valence-corrected chi connectivity index (χ0v) is 12.4. The molecule has 0 N–H and O–H groups in total. The average molecular weight is 314 g/mol. The van der Waals surface area contributed by atoms with E-state index in [0.717, 1.165) is 0 Å². The number of benzene rings is 2. The maximum absolute atomic E-state index is 12.0. The van der Waals surface area contributed by atoms with Crippen molar-refractivity contribution in [2.45, 2.75) is 13.3 Å². The van der Waals surface area contributed by atoms with E-state index in [-0.39, 0.29) is 23.3 Å². The second-order valence-corrected chi connectivity index (χ2v) is 4.43. The maximum Gasteiger partial charge on any atom is 0.390 e. The zero-order chi connectivity index (χ0) is 16.7. The van der Waals surface area contributed by atoms with Gasteiger partial charge in [-0.25, -0.2) is 19.4 Å². The largest absolute Gasteiger partial charge is 0.426 e. The van der Waals surface area contributed by atoms with Gasteiger partial charge in [0.25, 0.3) is 0 Å². The molecule has 0 fully saturated rings. The summed E-state index contributed by atoms with van der Waals surface area (Å²) in [6.07, 6.45) is 0.159. The predicted octanol–water partition coefficient (Wildman–Crippen LogP) is 2.93. The molecular weight excluding hydrogens is 300 g/mol. The normalized spacial score (nSPS) is 9.78. The fourth-order valence-electron chi connectivity index (χ4n) is 1.66. The summed E-state index contributed by atoms with van der Waals surface area (Å²) in [5.41, 5.74) is 0.223. The van der Waals surface area contributed by atoms with Gasteiger partial charge in [0.05, 0.1) is 5.56 Å². The Bertz CT molecular complexity index is 708. The Kier molecular flexibility index (Phi) is 5.46. The molecule has 23 heavy (non-hydrogen) atoms. The topological polar surface area (TPSA) is 78.9 Å². The van der Waals surface area contributed by atoms with E-state index >= 15 is 0 Å². The number of ether oxygens (including phenoxy) is 1. The molecule has 0 heterocycles. The van der Waals surface area contributed by atoms with E-state index in [1.807, 2.05) is 0 Å². The predicted molar refractivity (Wildman–Crippen MR) is 79.6 cm³/mol. The third-order valence-corrected chi connectivity index (χ3v) is 2.82. The van der Waals surface area contributed by atoms with E-state index in [9.17, 15) is 14.4 Å². The van der Waals surface area contributed by atoms with Gasteiger partial charge in [-0.1, -0.05) is 37.3 Å². The van der Waals surface area contributed by atoms with E-state index in [0.29, 0.717) is 0 Å². The van der Waals surface area contributed by atoms with Crippen LogP contribution in [-0.2, 0) is 14.6 Å². The monoisotopic (exact) mass is 314 g/mol. The highest BCUT2D eigenvalue weighted by molar-refractivity contribution is 5.94. The van der Waals surface area contributed by atoms with Gasteiger partial charge in [-0.15, -0.1) is 0 Å². The van der Waals surface area contributed by atoms with Gasteiger partial charge >= 0.3 is 17.9 Å². The first-order valence-corrected chi connectivity index (χ1v) is 6.89. The average Bonchev–Trinajstić information content (AvgIpc) is 2.60. The highest BCUT2D eigenvalue weighted by atomic mass is 17.2. The van der Waals surface area contributed by atoms with Crippen LogP contribution in [0, 0.1) is 0 Å². The van der Waals surface area contributed by atoms with Gasteiger partial charge in [0.15, 0.2) is 0 Å². The summed E-state index contributed by atoms with van der Waals surface area (Å²) in [7, 11) is 0. The minimum Gasteiger partial charge on any atom is -0.426 e. The quantitative estimate of drug-likeness (QED) is 0.374. The summed E-state index contributed by atoms with van der Waals surface area (Å²) < 4.78 is 5.03. The number of para-hydroxylation sites is 1. The van der Waals surface area contributed by atoms with Gasteiger partial charge < -0.3 is 4.74 Å². The minimum atomic E-state index is -0.936. The SMILES string of the molecule is CCC(=O)Oc1ccccc1C(=O)OOC(=O)c1ccccc1. The number of esters is 1. The molecule has 6 nitrogen and oxygen atoms in total. The van der Waals surface area contributed by atoms with Crippen molar-refractivity contribution in [3.05, 3.63) is 65.7 Å². The van der Waals surface area contributed by atoms with Gasteiger partial charge in [0.1, 0.15) is 11.3 Å². The molecular formula is C17H14O6. The lowest BCUT2D eigenvalue weighted by Crippen LogP contribution is -2.14. The molecule has 2 rings (SSSR count). The summed E-state index contributed by atoms with van der Waals surface area (Å²) >= 11 is 0. The molecule has 0 bridgehead atoms. The second-order valence-electron chi connectivity index (χ2n) is 4.43. The van der Waals surface area contributed by atoms with Crippen molar-refractivity contribution in [3.8, 4) is 5.75 Å². The molecule has 0 radical (unpaired) electrons. The highest BCUT2D eigenvalue weighted by Gasteiger charge is 2.19. The smallest absolute Gasteiger partial charge is 0.390 e. The van der Waals surface area contributed by atoms with Crippen LogP contribution in [0.5, 0.6) is 5.75 Å². The molecule has 0 spiro atoms. The van der Waals surface area contributed by atoms with Crippen LogP contribution in [0.1, 0.15) is 34.1 Å². The van der Waals surface area contributed by atoms with Crippen LogP contribution < -0.4 is 4.74 Å². The Balaban J connectivity index is 2.04. The standard InChI is InChI=1S/C17H14O6/c1-2-15(18)21-14-11-7-6-10-13(14)17(20)23-22-16(19)12-8-4-3-5-9-12/h3-11H,2H2,1H3. The van der Waals surface area contributed by atoms with Gasteiger partial charge in [-0.2, -0.15) is 0 Å². The molecule has 2 aromatic carbocycles. The molecule has 0 aromatic heterocycles. The maximum atomic E-state index is 12.0. The van der Waals surface area contributed by atoms with Crippen LogP contribution in [0.25, 0.3) is 0 Å². The summed E-state index contributed by atoms with van der Waals surface area (Å²) in [4.78, 5) is 44.1. The third-order valence-electron chi connectivity index (χ3n) is 2.82. The van der Waals surface area contributed by atoms with E-state index < -0.39 is 17.9 Å². The van der Waals surface area contributed by atoms with Crippen LogP contribution in [0.15, 0.2) is 54.6 Å². The fraction of sp³-hybridized carbons (Fsp3) is 0.118. The zero-order valence-electron chi connectivity index (χ0n) is 12.4. The molecule has 0 saturated heterocycles. The lowest BCUT2D eigenvalue weighted by atomic mass is 10.2. The molecule has 0 amide bonds. The van der Waals surface area contributed by atoms with Crippen LogP contribution >= 0.6 is 0 Å². The number of carbonyl (C=O) groups is 3. The molecule has 0 saturated carbocycles. The third kappa shape index (κ3) is 4.41. The van der Waals surface area contributed by atoms with Gasteiger partial charge in [0, 0.05) is 6.42 Å². The Morgan fingerprint density at radius 3 is 2.13 bits per heavy atom. The van der Waals surface area contributed by atoms with Gasteiger partial charge in [0.2, 0.25) is 0 Å². The van der Waals surface area contributed by atoms with Gasteiger partial charge in [-0.05, 0) is 24.3 Å². The summed E-state index contributed by atoms with van der Waals surface area (Å²) in [5.74, 6) is -2.19. The molecule has 0 aliphatic heterocycles. The first kappa shape index (κ1) is 16.2. The molecule has 0 aliphatic carbocycles. The number of carbonyl (C=O) groups excluding carboxylic acids is 3. The Hall–Kier alpha value is -3.15. The summed E-state index contributed by atoms with van der Waals surface area (Å²) in [5, 5.41) is 0. The van der Waals surface area contributed by atoms with Crippen molar-refractivity contribution in [2.24, 2.45) is 0 Å². The van der Waals surface area contributed by atoms with Crippen molar-refractivity contribution in [1.29, 1.82) is 0 Å². The first-order chi connectivity index (χ1) is 11.1. The van der Waals surface area contributed by atoms with Crippen LogP contribution in [0.4, 0.5) is 0 Å². The molecule has 118 valence electrons. The van der Waals surface area contributed by atoms with Crippen LogP contribution in [-0.4, -0.2) is 17.9 Å². The Labute approximate surface area is 132 Å². The summed E-state index contributed by atoms with van der Waals surface area (Å²) in [6.45, 7) is 1.63. The molecule has 2 aromatic rings. The number of rotatable bonds is 4. The van der Waals surface area contributed by atoms with E-state index in [1.54, 1.807) is 37.3 Å². The highest BCUT2D eigenvalue weighted by Crippen LogP contribution is 2.20. The molecule has 6 heteroatoms. The van der Waals surface area contributed by atoms with Crippen molar-refractivity contribution in [2.75, 3.05) is 0 Å². The van der Waals surface area contributed by atoms with E-state index in [2.05, 4.69) is 9.78 Å². The lowest BCUT2D eigenvalue weighted by Gasteiger charge is -2.08. The van der Waals surface area contributed by atoms with Gasteiger partial charge in [-0.3, -0.25) is 4.79 Å².